The van der Waals surface area contributed by atoms with Crippen LogP contribution in [0.25, 0.3) is 0 Å². The molecule has 30 heavy (non-hydrogen) atoms. The topological polar surface area (TPSA) is 92.3 Å². The van der Waals surface area contributed by atoms with Crippen LogP contribution < -0.4 is 5.32 Å². The third-order valence-corrected chi connectivity index (χ3v) is 7.81. The Hall–Kier alpha value is -2.40. The molecule has 7 nitrogen and oxygen atoms in total. The zero-order valence-corrected chi connectivity index (χ0v) is 17.8. The highest BCUT2D eigenvalue weighted by Crippen LogP contribution is 2.37. The largest absolute Gasteiger partial charge is 0.320 e. The van der Waals surface area contributed by atoms with Crippen molar-refractivity contribution >= 4 is 44.6 Å². The third-order valence-electron chi connectivity index (χ3n) is 4.63. The molecule has 0 saturated carbocycles. The van der Waals surface area contributed by atoms with E-state index < -0.39 is 27.8 Å². The number of benzene rings is 2. The molecule has 1 N–H and O–H groups in total. The van der Waals surface area contributed by atoms with E-state index in [0.717, 1.165) is 17.4 Å². The fraction of sp³-hybridized carbons (Fsp3) is 0.211. The van der Waals surface area contributed by atoms with Crippen molar-refractivity contribution in [3.8, 4) is 0 Å². The van der Waals surface area contributed by atoms with Crippen LogP contribution in [-0.2, 0) is 10.0 Å². The van der Waals surface area contributed by atoms with Crippen molar-refractivity contribution < 1.29 is 17.6 Å². The normalized spacial score (nSPS) is 17.2. The van der Waals surface area contributed by atoms with E-state index in [1.165, 1.54) is 22.5 Å². The maximum Gasteiger partial charge on any atom is 0.286 e. The number of aromatic nitrogens is 2. The summed E-state index contributed by atoms with van der Waals surface area (Å²) in [5.41, 5.74) is 0.553. The average Bonchev–Trinajstić information content (AvgIpc) is 3.39. The Balaban J connectivity index is 1.55. The Labute approximate surface area is 181 Å². The van der Waals surface area contributed by atoms with Gasteiger partial charge in [-0.3, -0.25) is 4.79 Å². The van der Waals surface area contributed by atoms with Gasteiger partial charge in [-0.2, -0.15) is 4.31 Å². The molecule has 1 aliphatic heterocycles. The summed E-state index contributed by atoms with van der Waals surface area (Å²) in [5.74, 6) is -1.07. The minimum atomic E-state index is -3.90. The first-order chi connectivity index (χ1) is 14.3. The summed E-state index contributed by atoms with van der Waals surface area (Å²) >= 11 is 6.88. The summed E-state index contributed by atoms with van der Waals surface area (Å²) in [7, 11) is -3.90. The summed E-state index contributed by atoms with van der Waals surface area (Å²) in [6.07, 6.45) is 1.17. The van der Waals surface area contributed by atoms with Crippen LogP contribution in [0.5, 0.6) is 0 Å². The maximum atomic E-state index is 13.5. The number of nitrogens with one attached hydrogen (secondary N) is 1. The van der Waals surface area contributed by atoms with E-state index in [-0.39, 0.29) is 16.4 Å². The second-order valence-electron chi connectivity index (χ2n) is 6.64. The number of sulfonamides is 1. The molecule has 1 aromatic heterocycles. The smallest absolute Gasteiger partial charge is 0.286 e. The zero-order chi connectivity index (χ0) is 21.3. The van der Waals surface area contributed by atoms with Gasteiger partial charge >= 0.3 is 0 Å². The van der Waals surface area contributed by atoms with E-state index in [2.05, 4.69) is 15.5 Å². The standard InChI is InChI=1S/C19H16ClFN4O3S2/c20-12-6-8-14(9-7-12)22-17(26)19-24-23-18(29-19)16-5-2-10-25(16)30(27,28)15-4-1-3-13(21)11-15/h1,3-4,6-9,11,16H,2,5,10H2,(H,22,26)/t16-/m0/s1. The van der Waals surface area contributed by atoms with Crippen molar-refractivity contribution in [3.05, 3.63) is 69.4 Å². The van der Waals surface area contributed by atoms with Crippen LogP contribution >= 0.6 is 22.9 Å². The van der Waals surface area contributed by atoms with Crippen molar-refractivity contribution in [1.82, 2.24) is 14.5 Å². The van der Waals surface area contributed by atoms with Gasteiger partial charge in [0, 0.05) is 17.3 Å². The number of carbonyl (C=O) groups is 1. The minimum absolute atomic E-state index is 0.111. The SMILES string of the molecule is O=C(Nc1ccc(Cl)cc1)c1nnc([C@@H]2CCCN2S(=O)(=O)c2cccc(F)c2)s1. The van der Waals surface area contributed by atoms with Crippen molar-refractivity contribution in [3.63, 3.8) is 0 Å². The highest BCUT2D eigenvalue weighted by atomic mass is 35.5. The summed E-state index contributed by atoms with van der Waals surface area (Å²) in [6, 6.07) is 11.0. The van der Waals surface area contributed by atoms with Gasteiger partial charge in [0.1, 0.15) is 10.8 Å². The van der Waals surface area contributed by atoms with Crippen molar-refractivity contribution in [2.75, 3.05) is 11.9 Å². The molecule has 11 heteroatoms. The minimum Gasteiger partial charge on any atom is -0.320 e. The van der Waals surface area contributed by atoms with Crippen LogP contribution in [0.4, 0.5) is 10.1 Å². The van der Waals surface area contributed by atoms with E-state index in [0.29, 0.717) is 28.6 Å². The van der Waals surface area contributed by atoms with Crippen LogP contribution in [0.15, 0.2) is 53.4 Å². The fourth-order valence-corrected chi connectivity index (χ4v) is 5.99. The van der Waals surface area contributed by atoms with Gasteiger partial charge in [-0.05, 0) is 55.3 Å². The van der Waals surface area contributed by atoms with Gasteiger partial charge in [0.05, 0.1) is 10.9 Å². The van der Waals surface area contributed by atoms with E-state index in [1.54, 1.807) is 24.3 Å². The van der Waals surface area contributed by atoms with Crippen molar-refractivity contribution in [2.45, 2.75) is 23.8 Å². The van der Waals surface area contributed by atoms with E-state index in [1.807, 2.05) is 0 Å². The Kier molecular flexibility index (Phi) is 5.83. The van der Waals surface area contributed by atoms with Crippen LogP contribution in [0, 0.1) is 5.82 Å². The number of carbonyl (C=O) groups excluding carboxylic acids is 1. The van der Waals surface area contributed by atoms with Gasteiger partial charge in [-0.15, -0.1) is 10.2 Å². The van der Waals surface area contributed by atoms with E-state index in [9.17, 15) is 17.6 Å². The van der Waals surface area contributed by atoms with Crippen molar-refractivity contribution in [1.29, 1.82) is 0 Å². The lowest BCUT2D eigenvalue weighted by Crippen LogP contribution is -2.30. The molecule has 0 radical (unpaired) electrons. The average molecular weight is 467 g/mol. The van der Waals surface area contributed by atoms with Gasteiger partial charge in [0.15, 0.2) is 0 Å². The van der Waals surface area contributed by atoms with E-state index >= 15 is 0 Å². The molecule has 1 fully saturated rings. The molecule has 0 aliphatic carbocycles. The lowest BCUT2D eigenvalue weighted by atomic mass is 10.2. The summed E-state index contributed by atoms with van der Waals surface area (Å²) in [5, 5.41) is 11.8. The lowest BCUT2D eigenvalue weighted by Gasteiger charge is -2.22. The number of amides is 1. The second-order valence-corrected chi connectivity index (χ2v) is 9.97. The Morgan fingerprint density at radius 2 is 1.97 bits per heavy atom. The van der Waals surface area contributed by atoms with Crippen LogP contribution in [-0.4, -0.2) is 35.4 Å². The zero-order valence-electron chi connectivity index (χ0n) is 15.5. The highest BCUT2D eigenvalue weighted by molar-refractivity contribution is 7.89. The van der Waals surface area contributed by atoms with Crippen LogP contribution in [0.3, 0.4) is 0 Å². The molecule has 4 rings (SSSR count). The van der Waals surface area contributed by atoms with Crippen molar-refractivity contribution in [2.24, 2.45) is 0 Å². The number of hydrogen-bond donors (Lipinski definition) is 1. The molecule has 1 atom stereocenters. The molecule has 0 unspecified atom stereocenters. The molecule has 0 spiro atoms. The Morgan fingerprint density at radius 1 is 1.20 bits per heavy atom. The number of hydrogen-bond acceptors (Lipinski definition) is 6. The summed E-state index contributed by atoms with van der Waals surface area (Å²) in [6.45, 7) is 0.287. The Morgan fingerprint density at radius 3 is 2.70 bits per heavy atom. The van der Waals surface area contributed by atoms with Gasteiger partial charge in [-0.25, -0.2) is 12.8 Å². The highest BCUT2D eigenvalue weighted by Gasteiger charge is 2.38. The first-order valence-electron chi connectivity index (χ1n) is 9.02. The second kappa shape index (κ2) is 8.38. The molecule has 156 valence electrons. The lowest BCUT2D eigenvalue weighted by molar-refractivity contribution is 0.102. The number of rotatable bonds is 5. The predicted molar refractivity (Wildman–Crippen MR) is 112 cm³/mol. The molecule has 1 amide bonds. The molecular weight excluding hydrogens is 451 g/mol. The van der Waals surface area contributed by atoms with Gasteiger partial charge in [0.25, 0.3) is 5.91 Å². The quantitative estimate of drug-likeness (QED) is 0.611. The number of nitrogens with zero attached hydrogens (tertiary/aromatic N) is 3. The van der Waals surface area contributed by atoms with Gasteiger partial charge in [-0.1, -0.05) is 29.0 Å². The van der Waals surface area contributed by atoms with Crippen LogP contribution in [0.2, 0.25) is 5.02 Å². The molecule has 1 saturated heterocycles. The first kappa shape index (κ1) is 20.9. The summed E-state index contributed by atoms with van der Waals surface area (Å²) in [4.78, 5) is 12.3. The molecule has 2 heterocycles. The van der Waals surface area contributed by atoms with Gasteiger partial charge in [0.2, 0.25) is 15.0 Å². The molecule has 2 aromatic carbocycles. The molecular formula is C19H16ClFN4O3S2. The molecule has 1 aliphatic rings. The third kappa shape index (κ3) is 4.22. The maximum absolute atomic E-state index is 13.5. The van der Waals surface area contributed by atoms with Gasteiger partial charge < -0.3 is 5.32 Å². The monoisotopic (exact) mass is 466 g/mol. The van der Waals surface area contributed by atoms with E-state index in [4.69, 9.17) is 11.6 Å². The molecule has 3 aromatic rings. The summed E-state index contributed by atoms with van der Waals surface area (Å²) < 4.78 is 40.8. The first-order valence-corrected chi connectivity index (χ1v) is 11.7. The Bertz CT molecular complexity index is 1180. The number of halogens is 2. The fourth-order valence-electron chi connectivity index (χ4n) is 3.22. The molecule has 0 bridgehead atoms. The predicted octanol–water partition coefficient (Wildman–Crippen LogP) is 4.11. The number of anilines is 1. The van der Waals surface area contributed by atoms with Crippen LogP contribution in [0.1, 0.15) is 33.7 Å².